The lowest BCUT2D eigenvalue weighted by atomic mass is 9.97. The predicted octanol–water partition coefficient (Wildman–Crippen LogP) is 1.85. The first-order chi connectivity index (χ1) is 12.3. The zero-order chi connectivity index (χ0) is 17.1. The molecule has 2 bridgehead atoms. The second-order valence-corrected chi connectivity index (χ2v) is 6.52. The highest BCUT2D eigenvalue weighted by Gasteiger charge is 2.50. The number of nitrogens with one attached hydrogen (secondary N) is 1. The standard InChI is InChI=1S/C20H23NO4/c22-18-17(21-11-14-7-3-1-4-8-14)19(16-13-24-20(18)25-16)23-12-15-9-5-2-6-10-15/h1-10,16-22H,11-13H2/t16-,17-,18-,19-,20-/m1/s1. The topological polar surface area (TPSA) is 60.0 Å². The summed E-state index contributed by atoms with van der Waals surface area (Å²) in [5.74, 6) is 0. The molecule has 25 heavy (non-hydrogen) atoms. The van der Waals surface area contributed by atoms with E-state index in [1.807, 2.05) is 48.5 Å². The molecule has 0 saturated carbocycles. The van der Waals surface area contributed by atoms with E-state index < -0.39 is 12.4 Å². The third-order valence-electron chi connectivity index (χ3n) is 4.77. The van der Waals surface area contributed by atoms with Gasteiger partial charge in [0.15, 0.2) is 6.29 Å². The monoisotopic (exact) mass is 341 g/mol. The molecule has 0 aromatic heterocycles. The lowest BCUT2D eigenvalue weighted by molar-refractivity contribution is -0.207. The first kappa shape index (κ1) is 16.7. The maximum atomic E-state index is 10.6. The van der Waals surface area contributed by atoms with Crippen LogP contribution in [0.3, 0.4) is 0 Å². The normalized spacial score (nSPS) is 31.2. The molecule has 0 unspecified atom stereocenters. The Morgan fingerprint density at radius 3 is 2.40 bits per heavy atom. The van der Waals surface area contributed by atoms with Crippen molar-refractivity contribution in [1.29, 1.82) is 0 Å². The molecule has 0 spiro atoms. The maximum Gasteiger partial charge on any atom is 0.185 e. The van der Waals surface area contributed by atoms with Gasteiger partial charge < -0.3 is 24.6 Å². The number of fused-ring (bicyclic) bond motifs is 2. The van der Waals surface area contributed by atoms with Crippen LogP contribution < -0.4 is 5.32 Å². The number of aliphatic hydroxyl groups excluding tert-OH is 1. The molecule has 0 aliphatic carbocycles. The maximum absolute atomic E-state index is 10.6. The van der Waals surface area contributed by atoms with Crippen LogP contribution in [0.25, 0.3) is 0 Å². The second kappa shape index (κ2) is 7.64. The minimum Gasteiger partial charge on any atom is -0.386 e. The Bertz CT molecular complexity index is 622. The minimum absolute atomic E-state index is 0.162. The predicted molar refractivity (Wildman–Crippen MR) is 92.7 cm³/mol. The van der Waals surface area contributed by atoms with Crippen molar-refractivity contribution in [2.45, 2.75) is 43.8 Å². The number of aliphatic hydroxyl groups is 1. The molecule has 132 valence electrons. The molecule has 2 saturated heterocycles. The van der Waals surface area contributed by atoms with Crippen LogP contribution in [0.4, 0.5) is 0 Å². The van der Waals surface area contributed by atoms with E-state index in [1.165, 1.54) is 0 Å². The first-order valence-corrected chi connectivity index (χ1v) is 8.69. The van der Waals surface area contributed by atoms with Crippen molar-refractivity contribution in [3.8, 4) is 0 Å². The number of rotatable bonds is 6. The molecule has 5 heteroatoms. The summed E-state index contributed by atoms with van der Waals surface area (Å²) in [7, 11) is 0. The molecule has 2 N–H and O–H groups in total. The Morgan fingerprint density at radius 1 is 1.00 bits per heavy atom. The smallest absolute Gasteiger partial charge is 0.185 e. The molecular weight excluding hydrogens is 318 g/mol. The third-order valence-corrected chi connectivity index (χ3v) is 4.77. The largest absolute Gasteiger partial charge is 0.386 e. The lowest BCUT2D eigenvalue weighted by Crippen LogP contribution is -2.60. The average Bonchev–Trinajstić information content (AvgIpc) is 3.11. The summed E-state index contributed by atoms with van der Waals surface area (Å²) >= 11 is 0. The minimum atomic E-state index is -0.761. The summed E-state index contributed by atoms with van der Waals surface area (Å²) < 4.78 is 17.5. The molecule has 4 rings (SSSR count). The van der Waals surface area contributed by atoms with Crippen molar-refractivity contribution >= 4 is 0 Å². The summed E-state index contributed by atoms with van der Waals surface area (Å²) in [6, 6.07) is 19.9. The average molecular weight is 341 g/mol. The van der Waals surface area contributed by atoms with Crippen molar-refractivity contribution < 1.29 is 19.3 Å². The van der Waals surface area contributed by atoms with E-state index in [2.05, 4.69) is 17.4 Å². The number of benzene rings is 2. The molecule has 5 atom stereocenters. The van der Waals surface area contributed by atoms with E-state index in [4.69, 9.17) is 14.2 Å². The van der Waals surface area contributed by atoms with Crippen LogP contribution in [-0.2, 0) is 27.4 Å². The molecule has 2 aliphatic rings. The highest BCUT2D eigenvalue weighted by molar-refractivity contribution is 5.15. The van der Waals surface area contributed by atoms with Crippen LogP contribution >= 0.6 is 0 Å². The number of hydrogen-bond donors (Lipinski definition) is 2. The fourth-order valence-electron chi connectivity index (χ4n) is 3.43. The van der Waals surface area contributed by atoms with E-state index in [-0.39, 0.29) is 18.2 Å². The first-order valence-electron chi connectivity index (χ1n) is 8.69. The molecule has 0 amide bonds. The SMILES string of the molecule is O[C@H]1[C@@H]2OC[C@@H](O2)[C@@H](OCc2ccccc2)[C@@H]1NCc1ccccc1. The van der Waals surface area contributed by atoms with Crippen LogP contribution in [0, 0.1) is 0 Å². The number of ether oxygens (including phenoxy) is 3. The summed E-state index contributed by atoms with van der Waals surface area (Å²) in [4.78, 5) is 0. The van der Waals surface area contributed by atoms with E-state index in [9.17, 15) is 5.11 Å². The van der Waals surface area contributed by atoms with Crippen molar-refractivity contribution in [2.24, 2.45) is 0 Å². The van der Waals surface area contributed by atoms with Crippen LogP contribution in [0.5, 0.6) is 0 Å². The summed E-state index contributed by atoms with van der Waals surface area (Å²) in [6.45, 7) is 1.59. The Kier molecular flexibility index (Phi) is 5.10. The van der Waals surface area contributed by atoms with E-state index in [0.717, 1.165) is 11.1 Å². The third kappa shape index (κ3) is 3.76. The van der Waals surface area contributed by atoms with Gasteiger partial charge in [0.25, 0.3) is 0 Å². The van der Waals surface area contributed by atoms with Gasteiger partial charge in [-0.1, -0.05) is 60.7 Å². The molecular formula is C20H23NO4. The van der Waals surface area contributed by atoms with Gasteiger partial charge in [-0.05, 0) is 11.1 Å². The second-order valence-electron chi connectivity index (χ2n) is 6.52. The fourth-order valence-corrected chi connectivity index (χ4v) is 3.43. The van der Waals surface area contributed by atoms with Crippen LogP contribution in [0.1, 0.15) is 11.1 Å². The van der Waals surface area contributed by atoms with Gasteiger partial charge in [-0.25, -0.2) is 0 Å². The van der Waals surface area contributed by atoms with Gasteiger partial charge in [0.1, 0.15) is 18.3 Å². The number of hydrogen-bond acceptors (Lipinski definition) is 5. The fraction of sp³-hybridized carbons (Fsp3) is 0.400. The summed E-state index contributed by atoms with van der Waals surface area (Å²) in [5, 5.41) is 14.0. The Labute approximate surface area is 147 Å². The lowest BCUT2D eigenvalue weighted by Gasteiger charge is -2.39. The quantitative estimate of drug-likeness (QED) is 0.840. The van der Waals surface area contributed by atoms with E-state index in [0.29, 0.717) is 19.8 Å². The van der Waals surface area contributed by atoms with Gasteiger partial charge in [0.2, 0.25) is 0 Å². The van der Waals surface area contributed by atoms with Gasteiger partial charge in [0, 0.05) is 6.54 Å². The zero-order valence-corrected chi connectivity index (χ0v) is 14.0. The Morgan fingerprint density at radius 2 is 1.68 bits per heavy atom. The Balaban J connectivity index is 1.45. The van der Waals surface area contributed by atoms with Crippen molar-refractivity contribution in [3.05, 3.63) is 71.8 Å². The summed E-state index contributed by atoms with van der Waals surface area (Å²) in [5.41, 5.74) is 2.26. The van der Waals surface area contributed by atoms with Gasteiger partial charge >= 0.3 is 0 Å². The molecule has 2 heterocycles. The molecule has 0 radical (unpaired) electrons. The van der Waals surface area contributed by atoms with Crippen molar-refractivity contribution in [1.82, 2.24) is 5.32 Å². The van der Waals surface area contributed by atoms with Gasteiger partial charge in [-0.3, -0.25) is 0 Å². The molecule has 5 nitrogen and oxygen atoms in total. The highest BCUT2D eigenvalue weighted by Crippen LogP contribution is 2.30. The molecule has 2 fully saturated rings. The highest BCUT2D eigenvalue weighted by atomic mass is 16.7. The van der Waals surface area contributed by atoms with Crippen LogP contribution in [0.2, 0.25) is 0 Å². The van der Waals surface area contributed by atoms with Crippen molar-refractivity contribution in [3.63, 3.8) is 0 Å². The van der Waals surface area contributed by atoms with Crippen LogP contribution in [-0.4, -0.2) is 42.4 Å². The zero-order valence-electron chi connectivity index (χ0n) is 14.0. The Hall–Kier alpha value is -1.76. The van der Waals surface area contributed by atoms with E-state index >= 15 is 0 Å². The van der Waals surface area contributed by atoms with Gasteiger partial charge in [-0.15, -0.1) is 0 Å². The van der Waals surface area contributed by atoms with Crippen LogP contribution in [0.15, 0.2) is 60.7 Å². The molecule has 2 aromatic rings. The molecule has 2 aromatic carbocycles. The van der Waals surface area contributed by atoms with Crippen molar-refractivity contribution in [2.75, 3.05) is 6.61 Å². The van der Waals surface area contributed by atoms with Gasteiger partial charge in [-0.2, -0.15) is 0 Å². The molecule has 2 aliphatic heterocycles. The van der Waals surface area contributed by atoms with E-state index in [1.54, 1.807) is 0 Å². The summed E-state index contributed by atoms with van der Waals surface area (Å²) in [6.07, 6.45) is -1.76. The van der Waals surface area contributed by atoms with Gasteiger partial charge in [0.05, 0.1) is 19.3 Å².